The lowest BCUT2D eigenvalue weighted by molar-refractivity contribution is -0.129. The van der Waals surface area contributed by atoms with Crippen LogP contribution in [0.15, 0.2) is 24.3 Å². The molecule has 0 unspecified atom stereocenters. The summed E-state index contributed by atoms with van der Waals surface area (Å²) in [5.41, 5.74) is 6.57. The highest BCUT2D eigenvalue weighted by Crippen LogP contribution is 2.10. The van der Waals surface area contributed by atoms with Crippen molar-refractivity contribution in [2.45, 2.75) is 18.9 Å². The molecule has 1 aliphatic heterocycles. The highest BCUT2D eigenvalue weighted by atomic mass is 19.1. The fourth-order valence-electron chi connectivity index (χ4n) is 1.90. The molecular formula is C12H15FN2O. The summed E-state index contributed by atoms with van der Waals surface area (Å²) in [4.78, 5) is 13.6. The zero-order chi connectivity index (χ0) is 11.5. The summed E-state index contributed by atoms with van der Waals surface area (Å²) in [5.74, 6) is -0.209. The van der Waals surface area contributed by atoms with Crippen LogP contribution in [0.1, 0.15) is 12.0 Å². The van der Waals surface area contributed by atoms with Crippen LogP contribution in [-0.4, -0.2) is 29.9 Å². The summed E-state index contributed by atoms with van der Waals surface area (Å²) in [7, 11) is 0. The molecule has 2 rings (SSSR count). The first-order valence-electron chi connectivity index (χ1n) is 5.43. The van der Waals surface area contributed by atoms with Gasteiger partial charge >= 0.3 is 0 Å². The molecule has 0 radical (unpaired) electrons. The van der Waals surface area contributed by atoms with E-state index in [0.717, 1.165) is 18.5 Å². The molecule has 1 fully saturated rings. The van der Waals surface area contributed by atoms with Gasteiger partial charge in [-0.15, -0.1) is 0 Å². The molecule has 86 valence electrons. The molecule has 1 aromatic rings. The summed E-state index contributed by atoms with van der Waals surface area (Å²) in [5, 5.41) is 0. The van der Waals surface area contributed by atoms with E-state index in [-0.39, 0.29) is 17.8 Å². The second kappa shape index (κ2) is 4.61. The van der Waals surface area contributed by atoms with E-state index >= 15 is 0 Å². The third-order valence-corrected chi connectivity index (χ3v) is 2.85. The fraction of sp³-hybridized carbons (Fsp3) is 0.417. The number of carbonyl (C=O) groups is 1. The maximum absolute atomic E-state index is 12.7. The summed E-state index contributed by atoms with van der Waals surface area (Å²) in [6.45, 7) is 1.38. The average Bonchev–Trinajstić information content (AvgIpc) is 2.68. The Hall–Kier alpha value is -1.42. The molecular weight excluding hydrogens is 207 g/mol. The third kappa shape index (κ3) is 2.58. The van der Waals surface area contributed by atoms with Crippen molar-refractivity contribution in [2.24, 2.45) is 5.73 Å². The van der Waals surface area contributed by atoms with Crippen molar-refractivity contribution < 1.29 is 9.18 Å². The normalized spacial score (nSPS) is 20.1. The van der Waals surface area contributed by atoms with E-state index < -0.39 is 0 Å². The Morgan fingerprint density at radius 3 is 2.69 bits per heavy atom. The highest BCUT2D eigenvalue weighted by Gasteiger charge is 2.23. The van der Waals surface area contributed by atoms with Crippen LogP contribution in [-0.2, 0) is 11.2 Å². The van der Waals surface area contributed by atoms with Crippen molar-refractivity contribution >= 4 is 5.91 Å². The molecule has 1 atom stereocenters. The monoisotopic (exact) mass is 222 g/mol. The van der Waals surface area contributed by atoms with E-state index in [1.54, 1.807) is 17.0 Å². The number of rotatable bonds is 2. The number of likely N-dealkylation sites (tertiary alicyclic amines) is 1. The summed E-state index contributed by atoms with van der Waals surface area (Å²) in [6, 6.07) is 6.14. The smallest absolute Gasteiger partial charge is 0.227 e. The molecule has 4 heteroatoms. The second-order valence-electron chi connectivity index (χ2n) is 4.19. The predicted molar refractivity (Wildman–Crippen MR) is 59.3 cm³/mol. The lowest BCUT2D eigenvalue weighted by Crippen LogP contribution is -2.32. The van der Waals surface area contributed by atoms with Gasteiger partial charge in [-0.3, -0.25) is 4.79 Å². The molecule has 2 N–H and O–H groups in total. The maximum atomic E-state index is 12.7. The first-order valence-corrected chi connectivity index (χ1v) is 5.43. The van der Waals surface area contributed by atoms with Gasteiger partial charge in [0.25, 0.3) is 0 Å². The largest absolute Gasteiger partial charge is 0.341 e. The van der Waals surface area contributed by atoms with E-state index in [0.29, 0.717) is 13.0 Å². The van der Waals surface area contributed by atoms with Crippen LogP contribution in [0, 0.1) is 5.82 Å². The minimum atomic E-state index is -0.278. The quantitative estimate of drug-likeness (QED) is 0.809. The minimum absolute atomic E-state index is 0.0690. The third-order valence-electron chi connectivity index (χ3n) is 2.85. The first-order chi connectivity index (χ1) is 7.65. The Labute approximate surface area is 94.0 Å². The van der Waals surface area contributed by atoms with Gasteiger partial charge in [-0.2, -0.15) is 0 Å². The van der Waals surface area contributed by atoms with Crippen molar-refractivity contribution in [3.63, 3.8) is 0 Å². The van der Waals surface area contributed by atoms with Crippen molar-refractivity contribution in [1.29, 1.82) is 0 Å². The molecule has 1 saturated heterocycles. The van der Waals surface area contributed by atoms with E-state index in [9.17, 15) is 9.18 Å². The molecule has 0 spiro atoms. The Morgan fingerprint density at radius 2 is 2.12 bits per heavy atom. The van der Waals surface area contributed by atoms with E-state index in [1.807, 2.05) is 0 Å². The zero-order valence-electron chi connectivity index (χ0n) is 9.03. The molecule has 3 nitrogen and oxygen atoms in total. The van der Waals surface area contributed by atoms with Crippen LogP contribution < -0.4 is 5.73 Å². The van der Waals surface area contributed by atoms with Crippen LogP contribution >= 0.6 is 0 Å². The Morgan fingerprint density at radius 1 is 1.44 bits per heavy atom. The molecule has 0 saturated carbocycles. The van der Waals surface area contributed by atoms with Gasteiger partial charge in [0.2, 0.25) is 5.91 Å². The molecule has 16 heavy (non-hydrogen) atoms. The van der Waals surface area contributed by atoms with Gasteiger partial charge in [0.1, 0.15) is 5.82 Å². The maximum Gasteiger partial charge on any atom is 0.227 e. The van der Waals surface area contributed by atoms with Crippen LogP contribution in [0.2, 0.25) is 0 Å². The second-order valence-corrected chi connectivity index (χ2v) is 4.19. The van der Waals surface area contributed by atoms with Gasteiger partial charge in [-0.25, -0.2) is 4.39 Å². The van der Waals surface area contributed by atoms with Gasteiger partial charge in [-0.05, 0) is 24.1 Å². The van der Waals surface area contributed by atoms with Crippen molar-refractivity contribution in [3.05, 3.63) is 35.6 Å². The van der Waals surface area contributed by atoms with Gasteiger partial charge in [0, 0.05) is 19.1 Å². The average molecular weight is 222 g/mol. The number of benzene rings is 1. The number of hydrogen-bond donors (Lipinski definition) is 1. The minimum Gasteiger partial charge on any atom is -0.341 e. The topological polar surface area (TPSA) is 46.3 Å². The Kier molecular flexibility index (Phi) is 3.19. The van der Waals surface area contributed by atoms with E-state index in [1.165, 1.54) is 12.1 Å². The summed E-state index contributed by atoms with van der Waals surface area (Å²) in [6.07, 6.45) is 1.20. The van der Waals surface area contributed by atoms with E-state index in [2.05, 4.69) is 0 Å². The van der Waals surface area contributed by atoms with Crippen LogP contribution in [0.5, 0.6) is 0 Å². The van der Waals surface area contributed by atoms with Gasteiger partial charge in [-0.1, -0.05) is 12.1 Å². The molecule has 0 aromatic heterocycles. The number of nitrogens with two attached hydrogens (primary N) is 1. The molecule has 0 bridgehead atoms. The van der Waals surface area contributed by atoms with Crippen LogP contribution in [0.3, 0.4) is 0 Å². The summed E-state index contributed by atoms with van der Waals surface area (Å²) < 4.78 is 12.7. The standard InChI is InChI=1S/C12H15FN2O/c13-10-3-1-9(2-4-10)7-12(16)15-6-5-11(14)8-15/h1-4,11H,5-8,14H2/t11-/m0/s1. The lowest BCUT2D eigenvalue weighted by Gasteiger charge is -2.15. The molecule has 1 heterocycles. The molecule has 1 aliphatic rings. The molecule has 0 aliphatic carbocycles. The Bertz CT molecular complexity index is 377. The highest BCUT2D eigenvalue weighted by molar-refractivity contribution is 5.79. The van der Waals surface area contributed by atoms with Crippen molar-refractivity contribution in [1.82, 2.24) is 4.90 Å². The number of carbonyl (C=O) groups excluding carboxylic acids is 1. The Balaban J connectivity index is 1.94. The number of halogens is 1. The van der Waals surface area contributed by atoms with Gasteiger partial charge < -0.3 is 10.6 Å². The van der Waals surface area contributed by atoms with Crippen LogP contribution in [0.25, 0.3) is 0 Å². The number of nitrogens with zero attached hydrogens (tertiary/aromatic N) is 1. The molecule has 1 aromatic carbocycles. The fourth-order valence-corrected chi connectivity index (χ4v) is 1.90. The van der Waals surface area contributed by atoms with Crippen molar-refractivity contribution in [3.8, 4) is 0 Å². The van der Waals surface area contributed by atoms with Gasteiger partial charge in [0.05, 0.1) is 6.42 Å². The van der Waals surface area contributed by atoms with Crippen molar-refractivity contribution in [2.75, 3.05) is 13.1 Å². The predicted octanol–water partition coefficient (Wildman–Crippen LogP) is 0.928. The first kappa shape index (κ1) is 11.1. The van der Waals surface area contributed by atoms with Crippen LogP contribution in [0.4, 0.5) is 4.39 Å². The van der Waals surface area contributed by atoms with Gasteiger partial charge in [0.15, 0.2) is 0 Å². The number of amides is 1. The SMILES string of the molecule is N[C@H]1CCN(C(=O)Cc2ccc(F)cc2)C1. The lowest BCUT2D eigenvalue weighted by atomic mass is 10.1. The molecule has 1 amide bonds. The number of hydrogen-bond acceptors (Lipinski definition) is 2. The summed E-state index contributed by atoms with van der Waals surface area (Å²) >= 11 is 0. The zero-order valence-corrected chi connectivity index (χ0v) is 9.03. The van der Waals surface area contributed by atoms with E-state index in [4.69, 9.17) is 5.73 Å².